The molecule has 0 spiro atoms. The summed E-state index contributed by atoms with van der Waals surface area (Å²) in [6.45, 7) is 1.90. The average Bonchev–Trinajstić information content (AvgIpc) is 3.45. The zero-order valence-corrected chi connectivity index (χ0v) is 16.6. The molecule has 0 saturated carbocycles. The summed E-state index contributed by atoms with van der Waals surface area (Å²) >= 11 is 0. The van der Waals surface area contributed by atoms with Gasteiger partial charge in [-0.3, -0.25) is 4.79 Å². The lowest BCUT2D eigenvalue weighted by Gasteiger charge is -2.19. The summed E-state index contributed by atoms with van der Waals surface area (Å²) in [4.78, 5) is 14.6. The summed E-state index contributed by atoms with van der Waals surface area (Å²) in [6, 6.07) is 19.6. The molecule has 30 heavy (non-hydrogen) atoms. The lowest BCUT2D eigenvalue weighted by Crippen LogP contribution is -2.23. The second kappa shape index (κ2) is 8.58. The number of hydrogen-bond donors (Lipinski definition) is 1. The van der Waals surface area contributed by atoms with Crippen molar-refractivity contribution in [2.24, 2.45) is 0 Å². The SMILES string of the molecule is COc1cc(N2Cc3ccccc3C2)ccc1C=C(C#N)C(=O)NCc1ccco1. The van der Waals surface area contributed by atoms with Gasteiger partial charge in [-0.2, -0.15) is 5.26 Å². The van der Waals surface area contributed by atoms with Crippen LogP contribution in [-0.2, 0) is 24.4 Å². The van der Waals surface area contributed by atoms with Gasteiger partial charge < -0.3 is 19.4 Å². The molecule has 6 nitrogen and oxygen atoms in total. The quantitative estimate of drug-likeness (QED) is 0.500. The van der Waals surface area contributed by atoms with E-state index < -0.39 is 5.91 Å². The number of ether oxygens (including phenoxy) is 1. The van der Waals surface area contributed by atoms with Gasteiger partial charge in [0.05, 0.1) is 19.9 Å². The average molecular weight is 399 g/mol. The Labute approximate surface area is 175 Å². The van der Waals surface area contributed by atoms with E-state index in [2.05, 4.69) is 34.5 Å². The van der Waals surface area contributed by atoms with Crippen LogP contribution in [0.1, 0.15) is 22.5 Å². The molecule has 6 heteroatoms. The Bertz CT molecular complexity index is 1100. The number of nitrogens with zero attached hydrogens (tertiary/aromatic N) is 2. The number of nitriles is 1. The first-order valence-corrected chi connectivity index (χ1v) is 9.60. The van der Waals surface area contributed by atoms with Crippen molar-refractivity contribution in [2.45, 2.75) is 19.6 Å². The second-order valence-electron chi connectivity index (χ2n) is 6.98. The van der Waals surface area contributed by atoms with Crippen molar-refractivity contribution in [1.82, 2.24) is 5.32 Å². The third-order valence-corrected chi connectivity index (χ3v) is 5.09. The summed E-state index contributed by atoms with van der Waals surface area (Å²) < 4.78 is 10.7. The van der Waals surface area contributed by atoms with Gasteiger partial charge in [0.15, 0.2) is 0 Å². The van der Waals surface area contributed by atoms with Crippen LogP contribution in [0, 0.1) is 11.3 Å². The minimum absolute atomic E-state index is 0.00110. The molecule has 0 radical (unpaired) electrons. The Morgan fingerprint density at radius 2 is 1.97 bits per heavy atom. The predicted molar refractivity (Wildman–Crippen MR) is 113 cm³/mol. The van der Waals surface area contributed by atoms with Crippen LogP contribution < -0.4 is 15.0 Å². The number of methoxy groups -OCH3 is 1. The van der Waals surface area contributed by atoms with E-state index in [1.165, 1.54) is 17.4 Å². The largest absolute Gasteiger partial charge is 0.496 e. The van der Waals surface area contributed by atoms with E-state index in [0.717, 1.165) is 18.8 Å². The Kier molecular flexibility index (Phi) is 5.53. The number of hydrogen-bond acceptors (Lipinski definition) is 5. The molecule has 0 fully saturated rings. The minimum atomic E-state index is -0.463. The standard InChI is InChI=1S/C24H21N3O3/c1-29-23-12-21(27-15-18-5-2-3-6-19(18)16-27)9-8-17(23)11-20(13-25)24(28)26-14-22-7-4-10-30-22/h2-12H,14-16H2,1H3,(H,26,28). The molecular weight excluding hydrogens is 378 g/mol. The van der Waals surface area contributed by atoms with Crippen molar-refractivity contribution in [3.63, 3.8) is 0 Å². The highest BCUT2D eigenvalue weighted by Gasteiger charge is 2.20. The first kappa shape index (κ1) is 19.3. The Morgan fingerprint density at radius 3 is 2.60 bits per heavy atom. The van der Waals surface area contributed by atoms with Crippen LogP contribution in [0.3, 0.4) is 0 Å². The molecule has 1 N–H and O–H groups in total. The monoisotopic (exact) mass is 399 g/mol. The first-order chi connectivity index (χ1) is 14.7. The zero-order chi connectivity index (χ0) is 20.9. The number of carbonyl (C=O) groups excluding carboxylic acids is 1. The van der Waals surface area contributed by atoms with E-state index in [0.29, 0.717) is 17.1 Å². The molecule has 0 saturated heterocycles. The van der Waals surface area contributed by atoms with Crippen molar-refractivity contribution in [3.8, 4) is 11.8 Å². The smallest absolute Gasteiger partial charge is 0.262 e. The molecular formula is C24H21N3O3. The van der Waals surface area contributed by atoms with Crippen molar-refractivity contribution in [1.29, 1.82) is 5.26 Å². The van der Waals surface area contributed by atoms with Crippen LogP contribution >= 0.6 is 0 Å². The molecule has 0 bridgehead atoms. The molecule has 0 unspecified atom stereocenters. The van der Waals surface area contributed by atoms with Crippen LogP contribution in [0.5, 0.6) is 5.75 Å². The number of anilines is 1. The van der Waals surface area contributed by atoms with Gasteiger partial charge in [-0.05, 0) is 41.5 Å². The minimum Gasteiger partial charge on any atom is -0.496 e. The fraction of sp³-hybridized carbons (Fsp3) is 0.167. The molecule has 150 valence electrons. The molecule has 4 rings (SSSR count). The maximum Gasteiger partial charge on any atom is 0.262 e. The number of furan rings is 1. The van der Waals surface area contributed by atoms with Crippen LogP contribution in [0.2, 0.25) is 0 Å². The Hall–Kier alpha value is -3.98. The Morgan fingerprint density at radius 1 is 1.20 bits per heavy atom. The van der Waals surface area contributed by atoms with Gasteiger partial charge in [0.25, 0.3) is 5.91 Å². The highest BCUT2D eigenvalue weighted by molar-refractivity contribution is 6.02. The number of benzene rings is 2. The maximum absolute atomic E-state index is 12.4. The van der Waals surface area contributed by atoms with E-state index in [1.807, 2.05) is 24.3 Å². The van der Waals surface area contributed by atoms with E-state index in [9.17, 15) is 10.1 Å². The summed E-state index contributed by atoms with van der Waals surface area (Å²) in [6.07, 6.45) is 3.08. The van der Waals surface area contributed by atoms with Gasteiger partial charge in [0.1, 0.15) is 23.2 Å². The lowest BCUT2D eigenvalue weighted by molar-refractivity contribution is -0.117. The van der Waals surface area contributed by atoms with Crippen molar-refractivity contribution >= 4 is 17.7 Å². The molecule has 1 aliphatic heterocycles. The number of carbonyl (C=O) groups is 1. The predicted octanol–water partition coefficient (Wildman–Crippen LogP) is 4.03. The van der Waals surface area contributed by atoms with Gasteiger partial charge in [-0.15, -0.1) is 0 Å². The maximum atomic E-state index is 12.4. The summed E-state index contributed by atoms with van der Waals surface area (Å²) in [5.41, 5.74) is 4.34. The van der Waals surface area contributed by atoms with Gasteiger partial charge in [-0.1, -0.05) is 24.3 Å². The van der Waals surface area contributed by atoms with E-state index in [4.69, 9.17) is 9.15 Å². The number of nitrogens with one attached hydrogen (secondary N) is 1. The molecule has 2 aromatic carbocycles. The molecule has 1 aromatic heterocycles. The molecule has 0 aliphatic carbocycles. The van der Waals surface area contributed by atoms with Crippen molar-refractivity contribution < 1.29 is 13.9 Å². The van der Waals surface area contributed by atoms with Crippen molar-refractivity contribution in [2.75, 3.05) is 12.0 Å². The Balaban J connectivity index is 1.52. The summed E-state index contributed by atoms with van der Waals surface area (Å²) in [5, 5.41) is 12.1. The summed E-state index contributed by atoms with van der Waals surface area (Å²) in [5.74, 6) is 0.763. The first-order valence-electron chi connectivity index (χ1n) is 9.60. The van der Waals surface area contributed by atoms with Crippen LogP contribution in [0.25, 0.3) is 6.08 Å². The van der Waals surface area contributed by atoms with E-state index in [1.54, 1.807) is 25.3 Å². The van der Waals surface area contributed by atoms with Crippen LogP contribution in [0.4, 0.5) is 5.69 Å². The number of rotatable bonds is 6. The molecule has 0 atom stereocenters. The number of amides is 1. The lowest BCUT2D eigenvalue weighted by atomic mass is 10.1. The highest BCUT2D eigenvalue weighted by Crippen LogP contribution is 2.32. The molecule has 3 aromatic rings. The molecule has 2 heterocycles. The van der Waals surface area contributed by atoms with Gasteiger partial charge in [0, 0.05) is 30.4 Å². The van der Waals surface area contributed by atoms with Gasteiger partial charge in [-0.25, -0.2) is 0 Å². The third-order valence-electron chi connectivity index (χ3n) is 5.09. The highest BCUT2D eigenvalue weighted by atomic mass is 16.5. The summed E-state index contributed by atoms with van der Waals surface area (Å²) in [7, 11) is 1.58. The van der Waals surface area contributed by atoms with Gasteiger partial charge >= 0.3 is 0 Å². The van der Waals surface area contributed by atoms with Crippen LogP contribution in [-0.4, -0.2) is 13.0 Å². The van der Waals surface area contributed by atoms with Crippen molar-refractivity contribution in [3.05, 3.63) is 88.9 Å². The zero-order valence-electron chi connectivity index (χ0n) is 16.6. The van der Waals surface area contributed by atoms with Crippen LogP contribution in [0.15, 0.2) is 70.9 Å². The molecule has 1 aliphatic rings. The normalized spacial score (nSPS) is 12.9. The third kappa shape index (κ3) is 4.06. The van der Waals surface area contributed by atoms with Gasteiger partial charge in [0.2, 0.25) is 0 Å². The van der Waals surface area contributed by atoms with E-state index >= 15 is 0 Å². The number of fused-ring (bicyclic) bond motifs is 1. The topological polar surface area (TPSA) is 78.5 Å². The molecule has 1 amide bonds. The fourth-order valence-corrected chi connectivity index (χ4v) is 3.51. The second-order valence-corrected chi connectivity index (χ2v) is 6.98. The fourth-order valence-electron chi connectivity index (χ4n) is 3.51. The van der Waals surface area contributed by atoms with E-state index in [-0.39, 0.29) is 12.1 Å².